The van der Waals surface area contributed by atoms with Gasteiger partial charge >= 0.3 is 0 Å². The Balaban J connectivity index is 2.56. The van der Waals surface area contributed by atoms with Crippen molar-refractivity contribution in [2.45, 2.75) is 6.42 Å². The van der Waals surface area contributed by atoms with Crippen LogP contribution in [0.25, 0.3) is 10.3 Å². The Labute approximate surface area is 73.3 Å². The molecule has 0 saturated heterocycles. The van der Waals surface area contributed by atoms with E-state index in [2.05, 4.69) is 16.0 Å². The van der Waals surface area contributed by atoms with Crippen LogP contribution in [0.3, 0.4) is 0 Å². The lowest BCUT2D eigenvalue weighted by Crippen LogP contribution is -1.76. The van der Waals surface area contributed by atoms with Gasteiger partial charge in [0, 0.05) is 6.20 Å². The molecule has 0 saturated carbocycles. The average molecular weight is 175 g/mol. The van der Waals surface area contributed by atoms with Gasteiger partial charge in [0.15, 0.2) is 0 Å². The molecule has 0 unspecified atom stereocenters. The zero-order chi connectivity index (χ0) is 8.39. The summed E-state index contributed by atoms with van der Waals surface area (Å²) >= 11 is 1.48. The summed E-state index contributed by atoms with van der Waals surface area (Å²) < 4.78 is 0. The molecule has 0 fully saturated rings. The lowest BCUT2D eigenvalue weighted by molar-refractivity contribution is 1.21. The molecule has 0 aliphatic heterocycles. The highest BCUT2D eigenvalue weighted by Gasteiger charge is 2.01. The van der Waals surface area contributed by atoms with Crippen LogP contribution in [0.15, 0.2) is 18.3 Å². The first-order valence-electron chi connectivity index (χ1n) is 3.47. The zero-order valence-corrected chi connectivity index (χ0v) is 7.01. The molecule has 0 aliphatic carbocycles. The molecule has 2 aromatic heterocycles. The molecule has 58 valence electrons. The predicted octanol–water partition coefficient (Wildman–Crippen LogP) is 1.76. The van der Waals surface area contributed by atoms with E-state index in [-0.39, 0.29) is 0 Å². The molecule has 12 heavy (non-hydrogen) atoms. The van der Waals surface area contributed by atoms with Crippen molar-refractivity contribution in [1.82, 2.24) is 9.97 Å². The van der Waals surface area contributed by atoms with Crippen LogP contribution >= 0.6 is 11.3 Å². The molecule has 0 bridgehead atoms. The van der Waals surface area contributed by atoms with Gasteiger partial charge in [-0.15, -0.1) is 0 Å². The van der Waals surface area contributed by atoms with E-state index in [0.717, 1.165) is 15.4 Å². The molecule has 0 aliphatic rings. The Hall–Kier alpha value is -1.47. The molecule has 2 heterocycles. The van der Waals surface area contributed by atoms with Crippen LogP contribution in [0.4, 0.5) is 0 Å². The minimum Gasteiger partial charge on any atom is -0.244 e. The van der Waals surface area contributed by atoms with Gasteiger partial charge in [0.2, 0.25) is 0 Å². The quantitative estimate of drug-likeness (QED) is 0.663. The van der Waals surface area contributed by atoms with E-state index < -0.39 is 0 Å². The predicted molar refractivity (Wildman–Crippen MR) is 46.7 cm³/mol. The SMILES string of the molecule is N#CCc1nc2cccnc2s1. The van der Waals surface area contributed by atoms with Gasteiger partial charge in [-0.25, -0.2) is 9.97 Å². The van der Waals surface area contributed by atoms with Gasteiger partial charge in [0.05, 0.1) is 12.5 Å². The van der Waals surface area contributed by atoms with Crippen LogP contribution < -0.4 is 0 Å². The summed E-state index contributed by atoms with van der Waals surface area (Å²) in [5, 5.41) is 9.28. The van der Waals surface area contributed by atoms with Crippen molar-refractivity contribution in [2.75, 3.05) is 0 Å². The standard InChI is InChI=1S/C8H5N3S/c9-4-3-7-11-6-2-1-5-10-8(6)12-7/h1-2,5H,3H2. The Kier molecular flexibility index (Phi) is 1.72. The number of aromatic nitrogens is 2. The van der Waals surface area contributed by atoms with Gasteiger partial charge < -0.3 is 0 Å². The van der Waals surface area contributed by atoms with Gasteiger partial charge in [-0.3, -0.25) is 0 Å². The second kappa shape index (κ2) is 2.88. The molecule has 3 nitrogen and oxygen atoms in total. The van der Waals surface area contributed by atoms with E-state index in [1.807, 2.05) is 12.1 Å². The molecule has 0 amide bonds. The fourth-order valence-corrected chi connectivity index (χ4v) is 1.79. The van der Waals surface area contributed by atoms with E-state index in [1.54, 1.807) is 6.20 Å². The first-order valence-corrected chi connectivity index (χ1v) is 4.29. The minimum atomic E-state index is 0.376. The Morgan fingerprint density at radius 1 is 1.58 bits per heavy atom. The number of hydrogen-bond acceptors (Lipinski definition) is 4. The molecule has 2 aromatic rings. The second-order valence-corrected chi connectivity index (χ2v) is 3.33. The Morgan fingerprint density at radius 2 is 2.50 bits per heavy atom. The second-order valence-electron chi connectivity index (χ2n) is 2.27. The van der Waals surface area contributed by atoms with E-state index >= 15 is 0 Å². The number of thiazole rings is 1. The first-order chi connectivity index (χ1) is 5.90. The van der Waals surface area contributed by atoms with Crippen molar-refractivity contribution in [1.29, 1.82) is 5.26 Å². The molecule has 2 rings (SSSR count). The Morgan fingerprint density at radius 3 is 3.25 bits per heavy atom. The molecule has 0 N–H and O–H groups in total. The van der Waals surface area contributed by atoms with Crippen LogP contribution in [-0.4, -0.2) is 9.97 Å². The highest BCUT2D eigenvalue weighted by molar-refractivity contribution is 7.18. The highest BCUT2D eigenvalue weighted by atomic mass is 32.1. The van der Waals surface area contributed by atoms with Crippen molar-refractivity contribution in [3.63, 3.8) is 0 Å². The van der Waals surface area contributed by atoms with Crippen LogP contribution in [0.1, 0.15) is 5.01 Å². The van der Waals surface area contributed by atoms with Crippen molar-refractivity contribution in [3.05, 3.63) is 23.3 Å². The maximum absolute atomic E-state index is 8.44. The van der Waals surface area contributed by atoms with Crippen molar-refractivity contribution < 1.29 is 0 Å². The van der Waals surface area contributed by atoms with Crippen LogP contribution in [0.5, 0.6) is 0 Å². The molecule has 0 spiro atoms. The third-order valence-corrected chi connectivity index (χ3v) is 2.42. The minimum absolute atomic E-state index is 0.376. The van der Waals surface area contributed by atoms with Gasteiger partial charge in [0.25, 0.3) is 0 Å². The third-order valence-electron chi connectivity index (χ3n) is 1.44. The van der Waals surface area contributed by atoms with Crippen molar-refractivity contribution >= 4 is 21.7 Å². The fraction of sp³-hybridized carbons (Fsp3) is 0.125. The summed E-state index contributed by atoms with van der Waals surface area (Å²) in [5.41, 5.74) is 0.882. The summed E-state index contributed by atoms with van der Waals surface area (Å²) in [7, 11) is 0. The van der Waals surface area contributed by atoms with E-state index in [9.17, 15) is 0 Å². The number of rotatable bonds is 1. The molecule has 0 radical (unpaired) electrons. The van der Waals surface area contributed by atoms with E-state index in [0.29, 0.717) is 6.42 Å². The van der Waals surface area contributed by atoms with Gasteiger partial charge in [-0.2, -0.15) is 5.26 Å². The normalized spacial score (nSPS) is 9.92. The zero-order valence-electron chi connectivity index (χ0n) is 6.19. The summed E-state index contributed by atoms with van der Waals surface area (Å²) in [6, 6.07) is 5.81. The van der Waals surface area contributed by atoms with E-state index in [4.69, 9.17) is 5.26 Å². The highest BCUT2D eigenvalue weighted by Crippen LogP contribution is 2.18. The number of pyridine rings is 1. The number of nitriles is 1. The monoisotopic (exact) mass is 175 g/mol. The topological polar surface area (TPSA) is 49.6 Å². The van der Waals surface area contributed by atoms with Crippen molar-refractivity contribution in [2.24, 2.45) is 0 Å². The average Bonchev–Trinajstić information content (AvgIpc) is 2.47. The number of fused-ring (bicyclic) bond motifs is 1. The third kappa shape index (κ3) is 1.15. The summed E-state index contributed by atoms with van der Waals surface area (Å²) in [4.78, 5) is 9.27. The molecule has 0 atom stereocenters. The molecule has 4 heteroatoms. The van der Waals surface area contributed by atoms with Gasteiger partial charge in [-0.05, 0) is 12.1 Å². The fourth-order valence-electron chi connectivity index (χ4n) is 0.958. The van der Waals surface area contributed by atoms with Crippen LogP contribution in [-0.2, 0) is 6.42 Å². The molecular formula is C8H5N3S. The Bertz CT molecular complexity index is 408. The maximum atomic E-state index is 8.44. The van der Waals surface area contributed by atoms with Gasteiger partial charge in [-0.1, -0.05) is 11.3 Å². The first kappa shape index (κ1) is 7.19. The lowest BCUT2D eigenvalue weighted by atomic mass is 10.4. The van der Waals surface area contributed by atoms with Crippen molar-refractivity contribution in [3.8, 4) is 6.07 Å². The molecular weight excluding hydrogens is 170 g/mol. The van der Waals surface area contributed by atoms with Gasteiger partial charge in [0.1, 0.15) is 15.4 Å². The van der Waals surface area contributed by atoms with Crippen LogP contribution in [0, 0.1) is 11.3 Å². The maximum Gasteiger partial charge on any atom is 0.143 e. The smallest absolute Gasteiger partial charge is 0.143 e. The summed E-state index contributed by atoms with van der Waals surface area (Å²) in [6.07, 6.45) is 2.11. The number of nitrogens with zero attached hydrogens (tertiary/aromatic N) is 3. The molecule has 0 aromatic carbocycles. The largest absolute Gasteiger partial charge is 0.244 e. The summed E-state index contributed by atoms with van der Waals surface area (Å²) in [6.45, 7) is 0. The van der Waals surface area contributed by atoms with E-state index in [1.165, 1.54) is 11.3 Å². The van der Waals surface area contributed by atoms with Crippen LogP contribution in [0.2, 0.25) is 0 Å². The lowest BCUT2D eigenvalue weighted by Gasteiger charge is -1.80. The number of hydrogen-bond donors (Lipinski definition) is 0. The summed E-state index contributed by atoms with van der Waals surface area (Å²) in [5.74, 6) is 0.